The number of amides is 1. The summed E-state index contributed by atoms with van der Waals surface area (Å²) in [7, 11) is 1.53. The molecule has 0 spiro atoms. The molecule has 1 aromatic carbocycles. The second-order valence-electron chi connectivity index (χ2n) is 6.63. The number of nitriles is 1. The van der Waals surface area contributed by atoms with E-state index in [-0.39, 0.29) is 5.91 Å². The van der Waals surface area contributed by atoms with E-state index < -0.39 is 0 Å². The topological polar surface area (TPSA) is 78.7 Å². The minimum absolute atomic E-state index is 0.129. The Morgan fingerprint density at radius 2 is 2.00 bits per heavy atom. The van der Waals surface area contributed by atoms with E-state index in [2.05, 4.69) is 16.0 Å². The highest BCUT2D eigenvalue weighted by atomic mass is 35.5. The first-order valence-electron chi connectivity index (χ1n) is 9.46. The smallest absolute Gasteiger partial charge is 0.222 e. The zero-order chi connectivity index (χ0) is 20.6. The van der Waals surface area contributed by atoms with Crippen LogP contribution in [0.15, 0.2) is 36.5 Å². The third-order valence-electron chi connectivity index (χ3n) is 4.75. The molecule has 2 aromatic rings. The van der Waals surface area contributed by atoms with Gasteiger partial charge in [0.25, 0.3) is 0 Å². The molecule has 7 nitrogen and oxygen atoms in total. The molecule has 1 aliphatic rings. The summed E-state index contributed by atoms with van der Waals surface area (Å²) in [6.45, 7) is 3.25. The number of ether oxygens (including phenoxy) is 2. The van der Waals surface area contributed by atoms with Crippen LogP contribution in [0.25, 0.3) is 0 Å². The van der Waals surface area contributed by atoms with Crippen LogP contribution in [-0.2, 0) is 4.79 Å². The van der Waals surface area contributed by atoms with Crippen LogP contribution in [0.2, 0.25) is 5.02 Å². The first kappa shape index (κ1) is 20.7. The highest BCUT2D eigenvalue weighted by Crippen LogP contribution is 2.28. The normalized spacial score (nSPS) is 13.7. The van der Waals surface area contributed by atoms with E-state index >= 15 is 0 Å². The predicted octanol–water partition coefficient (Wildman–Crippen LogP) is 3.12. The number of carbonyl (C=O) groups is 1. The first-order chi connectivity index (χ1) is 14.1. The Labute approximate surface area is 175 Å². The number of piperazine rings is 1. The number of anilines is 1. The zero-order valence-electron chi connectivity index (χ0n) is 16.3. The van der Waals surface area contributed by atoms with Gasteiger partial charge in [0.05, 0.1) is 30.4 Å². The van der Waals surface area contributed by atoms with Crippen LogP contribution in [0, 0.1) is 11.3 Å². The summed E-state index contributed by atoms with van der Waals surface area (Å²) in [5.74, 6) is 2.10. The standard InChI is InChI=1S/C21H23ClN4O3/c1-28-19-13-16(14-23)4-6-18(19)29-12-2-3-21(27)26-10-8-25(9-11-26)20-7-5-17(22)15-24-20/h4-7,13,15H,2-3,8-12H2,1H3. The number of aromatic nitrogens is 1. The van der Waals surface area contributed by atoms with Crippen molar-refractivity contribution in [3.63, 3.8) is 0 Å². The molecule has 8 heteroatoms. The maximum absolute atomic E-state index is 12.5. The zero-order valence-corrected chi connectivity index (χ0v) is 17.1. The number of halogens is 1. The summed E-state index contributed by atoms with van der Waals surface area (Å²) in [5, 5.41) is 9.55. The number of methoxy groups -OCH3 is 1. The summed E-state index contributed by atoms with van der Waals surface area (Å²) in [6.07, 6.45) is 2.68. The summed E-state index contributed by atoms with van der Waals surface area (Å²) in [6, 6.07) is 10.8. The van der Waals surface area contributed by atoms with Gasteiger partial charge in [-0.05, 0) is 30.7 Å². The van der Waals surface area contributed by atoms with Crippen LogP contribution in [0.4, 0.5) is 5.82 Å². The fourth-order valence-corrected chi connectivity index (χ4v) is 3.27. The summed E-state index contributed by atoms with van der Waals surface area (Å²) < 4.78 is 11.0. The SMILES string of the molecule is COc1cc(C#N)ccc1OCCCC(=O)N1CCN(c2ccc(Cl)cn2)CC1. The highest BCUT2D eigenvalue weighted by molar-refractivity contribution is 6.30. The van der Waals surface area contributed by atoms with Gasteiger partial charge in [-0.1, -0.05) is 11.6 Å². The van der Waals surface area contributed by atoms with Gasteiger partial charge < -0.3 is 19.3 Å². The van der Waals surface area contributed by atoms with E-state index in [1.54, 1.807) is 24.4 Å². The Morgan fingerprint density at radius 3 is 2.66 bits per heavy atom. The maximum Gasteiger partial charge on any atom is 0.222 e. The lowest BCUT2D eigenvalue weighted by molar-refractivity contribution is -0.131. The van der Waals surface area contributed by atoms with Crippen molar-refractivity contribution < 1.29 is 14.3 Å². The molecule has 0 aliphatic carbocycles. The second kappa shape index (κ2) is 9.99. The number of nitrogens with zero attached hydrogens (tertiary/aromatic N) is 4. The van der Waals surface area contributed by atoms with Gasteiger partial charge >= 0.3 is 0 Å². The molecule has 29 heavy (non-hydrogen) atoms. The van der Waals surface area contributed by atoms with Crippen LogP contribution in [0.5, 0.6) is 11.5 Å². The molecule has 0 atom stereocenters. The van der Waals surface area contributed by atoms with Gasteiger partial charge in [0.2, 0.25) is 5.91 Å². The lowest BCUT2D eigenvalue weighted by atomic mass is 10.2. The van der Waals surface area contributed by atoms with Crippen molar-refractivity contribution >= 4 is 23.3 Å². The average molecular weight is 415 g/mol. The molecule has 0 N–H and O–H groups in total. The van der Waals surface area contributed by atoms with Crippen LogP contribution in [0.1, 0.15) is 18.4 Å². The molecule has 1 saturated heterocycles. The molecule has 0 radical (unpaired) electrons. The molecule has 0 saturated carbocycles. The molecule has 152 valence electrons. The van der Waals surface area contributed by atoms with E-state index in [0.29, 0.717) is 54.6 Å². The van der Waals surface area contributed by atoms with E-state index in [1.807, 2.05) is 17.0 Å². The molecule has 1 aromatic heterocycles. The molecule has 0 unspecified atom stereocenters. The number of benzene rings is 1. The minimum atomic E-state index is 0.129. The van der Waals surface area contributed by atoms with Crippen molar-refractivity contribution in [2.75, 3.05) is 44.8 Å². The number of carbonyl (C=O) groups excluding carboxylic acids is 1. The Bertz CT molecular complexity index is 874. The van der Waals surface area contributed by atoms with Crippen molar-refractivity contribution in [3.8, 4) is 17.6 Å². The molecular weight excluding hydrogens is 392 g/mol. The third-order valence-corrected chi connectivity index (χ3v) is 4.98. The highest BCUT2D eigenvalue weighted by Gasteiger charge is 2.21. The van der Waals surface area contributed by atoms with E-state index in [0.717, 1.165) is 18.9 Å². The Morgan fingerprint density at radius 1 is 1.21 bits per heavy atom. The minimum Gasteiger partial charge on any atom is -0.493 e. The molecule has 3 rings (SSSR count). The Balaban J connectivity index is 1.40. The molecule has 1 aliphatic heterocycles. The number of rotatable bonds is 7. The Kier molecular flexibility index (Phi) is 7.14. The quantitative estimate of drug-likeness (QED) is 0.648. The summed E-state index contributed by atoms with van der Waals surface area (Å²) in [5.41, 5.74) is 0.511. The number of hydrogen-bond donors (Lipinski definition) is 0. The summed E-state index contributed by atoms with van der Waals surface area (Å²) in [4.78, 5) is 20.8. The lowest BCUT2D eigenvalue weighted by Gasteiger charge is -2.35. The van der Waals surface area contributed by atoms with Crippen molar-refractivity contribution in [1.82, 2.24) is 9.88 Å². The van der Waals surface area contributed by atoms with Crippen LogP contribution in [-0.4, -0.2) is 55.7 Å². The van der Waals surface area contributed by atoms with Gasteiger partial charge in [-0.25, -0.2) is 4.98 Å². The van der Waals surface area contributed by atoms with Crippen molar-refractivity contribution in [2.45, 2.75) is 12.8 Å². The number of pyridine rings is 1. The largest absolute Gasteiger partial charge is 0.493 e. The van der Waals surface area contributed by atoms with Crippen LogP contribution in [0.3, 0.4) is 0 Å². The molecular formula is C21H23ClN4O3. The fourth-order valence-electron chi connectivity index (χ4n) is 3.16. The predicted molar refractivity (Wildman–Crippen MR) is 110 cm³/mol. The van der Waals surface area contributed by atoms with Crippen LogP contribution < -0.4 is 14.4 Å². The van der Waals surface area contributed by atoms with Crippen molar-refractivity contribution in [1.29, 1.82) is 5.26 Å². The number of hydrogen-bond acceptors (Lipinski definition) is 6. The molecule has 1 fully saturated rings. The van der Waals surface area contributed by atoms with E-state index in [1.165, 1.54) is 7.11 Å². The van der Waals surface area contributed by atoms with Gasteiger partial charge in [-0.3, -0.25) is 4.79 Å². The maximum atomic E-state index is 12.5. The van der Waals surface area contributed by atoms with E-state index in [4.69, 9.17) is 26.3 Å². The second-order valence-corrected chi connectivity index (χ2v) is 7.07. The average Bonchev–Trinajstić information content (AvgIpc) is 2.77. The molecule has 0 bridgehead atoms. The van der Waals surface area contributed by atoms with Crippen molar-refractivity contribution in [3.05, 3.63) is 47.1 Å². The van der Waals surface area contributed by atoms with E-state index in [9.17, 15) is 4.79 Å². The summed E-state index contributed by atoms with van der Waals surface area (Å²) >= 11 is 5.88. The fraction of sp³-hybridized carbons (Fsp3) is 0.381. The monoisotopic (exact) mass is 414 g/mol. The first-order valence-corrected chi connectivity index (χ1v) is 9.83. The van der Waals surface area contributed by atoms with Gasteiger partial charge in [-0.15, -0.1) is 0 Å². The third kappa shape index (κ3) is 5.52. The van der Waals surface area contributed by atoms with Crippen molar-refractivity contribution in [2.24, 2.45) is 0 Å². The van der Waals surface area contributed by atoms with Gasteiger partial charge in [0.15, 0.2) is 11.5 Å². The van der Waals surface area contributed by atoms with Gasteiger partial charge in [0.1, 0.15) is 5.82 Å². The molecule has 2 heterocycles. The van der Waals surface area contributed by atoms with Gasteiger partial charge in [-0.2, -0.15) is 5.26 Å². The Hall–Kier alpha value is -2.98. The molecule has 1 amide bonds. The lowest BCUT2D eigenvalue weighted by Crippen LogP contribution is -2.49. The van der Waals surface area contributed by atoms with Gasteiger partial charge in [0, 0.05) is 44.9 Å². The van der Waals surface area contributed by atoms with Crippen LogP contribution >= 0.6 is 11.6 Å².